The van der Waals surface area contributed by atoms with Crippen molar-refractivity contribution in [1.82, 2.24) is 14.9 Å². The van der Waals surface area contributed by atoms with Crippen LogP contribution < -0.4 is 5.32 Å². The highest BCUT2D eigenvalue weighted by Gasteiger charge is 2.22. The van der Waals surface area contributed by atoms with Crippen LogP contribution in [-0.2, 0) is 11.3 Å². The second-order valence-corrected chi connectivity index (χ2v) is 4.84. The van der Waals surface area contributed by atoms with Crippen LogP contribution in [0.2, 0.25) is 0 Å². The first kappa shape index (κ1) is 12.6. The Morgan fingerprint density at radius 1 is 1.53 bits per heavy atom. The monoisotopic (exact) mass is 263 g/mol. The van der Waals surface area contributed by atoms with Crippen LogP contribution in [0.1, 0.15) is 25.2 Å². The Labute approximate surface area is 111 Å². The highest BCUT2D eigenvalue weighted by Crippen LogP contribution is 2.23. The summed E-state index contributed by atoms with van der Waals surface area (Å²) >= 11 is 0. The molecule has 0 radical (unpaired) electrons. The number of aromatic nitrogens is 2. The molecule has 0 spiro atoms. The van der Waals surface area contributed by atoms with Gasteiger partial charge in [-0.2, -0.15) is 0 Å². The quantitative estimate of drug-likeness (QED) is 0.923. The van der Waals surface area contributed by atoms with Gasteiger partial charge in [0.05, 0.1) is 30.3 Å². The van der Waals surface area contributed by atoms with Gasteiger partial charge < -0.3 is 14.6 Å². The number of hydrogen-bond donors (Lipinski definition) is 1. The van der Waals surface area contributed by atoms with Crippen molar-refractivity contribution >= 4 is 11.0 Å². The van der Waals surface area contributed by atoms with E-state index >= 15 is 0 Å². The standard InChI is InChI=1S/C14H18FN3O/c1-2-6-18-13-8-10(15)3-4-11(13)17-14(18)12-9-19-7-5-16-12/h3-4,8,12,16H,2,5-7,9H2,1H3. The Morgan fingerprint density at radius 2 is 2.42 bits per heavy atom. The average Bonchev–Trinajstić information content (AvgIpc) is 2.79. The number of benzene rings is 1. The van der Waals surface area contributed by atoms with Crippen molar-refractivity contribution in [3.63, 3.8) is 0 Å². The van der Waals surface area contributed by atoms with Crippen LogP contribution in [0.15, 0.2) is 18.2 Å². The zero-order valence-electron chi connectivity index (χ0n) is 11.0. The van der Waals surface area contributed by atoms with Gasteiger partial charge in [-0.1, -0.05) is 6.92 Å². The maximum atomic E-state index is 13.4. The number of nitrogens with one attached hydrogen (secondary N) is 1. The van der Waals surface area contributed by atoms with E-state index in [-0.39, 0.29) is 11.9 Å². The molecule has 3 rings (SSSR count). The zero-order chi connectivity index (χ0) is 13.2. The second-order valence-electron chi connectivity index (χ2n) is 4.84. The van der Waals surface area contributed by atoms with Gasteiger partial charge >= 0.3 is 0 Å². The molecule has 0 aliphatic carbocycles. The summed E-state index contributed by atoms with van der Waals surface area (Å²) in [7, 11) is 0. The second kappa shape index (κ2) is 5.27. The summed E-state index contributed by atoms with van der Waals surface area (Å²) in [6.45, 7) is 5.14. The van der Waals surface area contributed by atoms with E-state index in [0.29, 0.717) is 6.61 Å². The molecule has 0 bridgehead atoms. The molecule has 1 atom stereocenters. The number of nitrogens with zero attached hydrogens (tertiary/aromatic N) is 2. The van der Waals surface area contributed by atoms with Crippen molar-refractivity contribution in [2.75, 3.05) is 19.8 Å². The predicted octanol–water partition coefficient (Wildman–Crippen LogP) is 2.25. The van der Waals surface area contributed by atoms with Crippen LogP contribution in [0.4, 0.5) is 4.39 Å². The van der Waals surface area contributed by atoms with E-state index in [2.05, 4.69) is 21.8 Å². The fraction of sp³-hybridized carbons (Fsp3) is 0.500. The maximum absolute atomic E-state index is 13.4. The van der Waals surface area contributed by atoms with Crippen LogP contribution in [0.5, 0.6) is 0 Å². The lowest BCUT2D eigenvalue weighted by atomic mass is 10.2. The number of morpholine rings is 1. The Kier molecular flexibility index (Phi) is 3.48. The molecule has 4 nitrogen and oxygen atoms in total. The number of ether oxygens (including phenoxy) is 1. The lowest BCUT2D eigenvalue weighted by Gasteiger charge is -2.24. The maximum Gasteiger partial charge on any atom is 0.129 e. The van der Waals surface area contributed by atoms with E-state index in [1.807, 2.05) is 0 Å². The van der Waals surface area contributed by atoms with E-state index < -0.39 is 0 Å². The summed E-state index contributed by atoms with van der Waals surface area (Å²) in [6.07, 6.45) is 0.989. The molecule has 0 amide bonds. The summed E-state index contributed by atoms with van der Waals surface area (Å²) in [6, 6.07) is 4.85. The number of fused-ring (bicyclic) bond motifs is 1. The van der Waals surface area contributed by atoms with Crippen LogP contribution in [0, 0.1) is 5.82 Å². The summed E-state index contributed by atoms with van der Waals surface area (Å²) in [5.74, 6) is 0.728. The zero-order valence-corrected chi connectivity index (χ0v) is 11.0. The molecule has 1 fully saturated rings. The van der Waals surface area contributed by atoms with Gasteiger partial charge in [0.15, 0.2) is 0 Å². The van der Waals surface area contributed by atoms with Crippen LogP contribution >= 0.6 is 0 Å². The molecule has 1 unspecified atom stereocenters. The summed E-state index contributed by atoms with van der Waals surface area (Å²) < 4.78 is 21.0. The average molecular weight is 263 g/mol. The molecule has 0 saturated carbocycles. The first-order valence-corrected chi connectivity index (χ1v) is 6.76. The number of aryl methyl sites for hydroxylation is 1. The molecule has 19 heavy (non-hydrogen) atoms. The molecule has 1 aromatic carbocycles. The molecule has 102 valence electrons. The fourth-order valence-corrected chi connectivity index (χ4v) is 2.57. The van der Waals surface area contributed by atoms with Gasteiger partial charge in [0.2, 0.25) is 0 Å². The van der Waals surface area contributed by atoms with Crippen LogP contribution in [0.3, 0.4) is 0 Å². The largest absolute Gasteiger partial charge is 0.378 e. The van der Waals surface area contributed by atoms with Crippen molar-refractivity contribution in [2.24, 2.45) is 0 Å². The predicted molar refractivity (Wildman–Crippen MR) is 71.5 cm³/mol. The highest BCUT2D eigenvalue weighted by atomic mass is 19.1. The van der Waals surface area contributed by atoms with Gasteiger partial charge in [0, 0.05) is 13.1 Å². The molecule has 1 N–H and O–H groups in total. The van der Waals surface area contributed by atoms with E-state index in [1.165, 1.54) is 6.07 Å². The van der Waals surface area contributed by atoms with E-state index in [4.69, 9.17) is 4.74 Å². The molecule has 1 aliphatic heterocycles. The lowest BCUT2D eigenvalue weighted by Crippen LogP contribution is -2.36. The van der Waals surface area contributed by atoms with E-state index in [1.54, 1.807) is 12.1 Å². The molecule has 2 aromatic rings. The number of imidazole rings is 1. The summed E-state index contributed by atoms with van der Waals surface area (Å²) in [4.78, 5) is 4.65. The normalized spacial score (nSPS) is 20.0. The Morgan fingerprint density at radius 3 is 3.16 bits per heavy atom. The number of rotatable bonds is 3. The van der Waals surface area contributed by atoms with Gasteiger partial charge in [0.1, 0.15) is 11.6 Å². The minimum Gasteiger partial charge on any atom is -0.378 e. The summed E-state index contributed by atoms with van der Waals surface area (Å²) in [5.41, 5.74) is 1.71. The third kappa shape index (κ3) is 2.35. The third-order valence-electron chi connectivity index (χ3n) is 3.42. The first-order chi connectivity index (χ1) is 9.29. The number of hydrogen-bond acceptors (Lipinski definition) is 3. The molecular weight excluding hydrogens is 245 g/mol. The Balaban J connectivity index is 2.08. The summed E-state index contributed by atoms with van der Waals surface area (Å²) in [5, 5.41) is 3.41. The molecule has 5 heteroatoms. The van der Waals surface area contributed by atoms with Gasteiger partial charge in [-0.25, -0.2) is 9.37 Å². The minimum absolute atomic E-state index is 0.0933. The molecular formula is C14H18FN3O. The molecule has 1 saturated heterocycles. The molecule has 2 heterocycles. The lowest BCUT2D eigenvalue weighted by molar-refractivity contribution is 0.0732. The van der Waals surface area contributed by atoms with Gasteiger partial charge in [0.25, 0.3) is 0 Å². The highest BCUT2D eigenvalue weighted by molar-refractivity contribution is 5.76. The SMILES string of the molecule is CCCn1c(C2COCCN2)nc2ccc(F)cc21. The Hall–Kier alpha value is -1.46. The fourth-order valence-electron chi connectivity index (χ4n) is 2.57. The van der Waals surface area contributed by atoms with Crippen molar-refractivity contribution in [1.29, 1.82) is 0 Å². The van der Waals surface area contributed by atoms with Crippen molar-refractivity contribution in [2.45, 2.75) is 25.9 Å². The van der Waals surface area contributed by atoms with Crippen molar-refractivity contribution in [3.8, 4) is 0 Å². The first-order valence-electron chi connectivity index (χ1n) is 6.76. The topological polar surface area (TPSA) is 39.1 Å². The van der Waals surface area contributed by atoms with Gasteiger partial charge in [-0.05, 0) is 24.6 Å². The smallest absolute Gasteiger partial charge is 0.129 e. The molecule has 1 aromatic heterocycles. The van der Waals surface area contributed by atoms with Crippen molar-refractivity contribution in [3.05, 3.63) is 29.8 Å². The minimum atomic E-state index is -0.218. The molecule has 1 aliphatic rings. The van der Waals surface area contributed by atoms with Gasteiger partial charge in [-0.3, -0.25) is 0 Å². The van der Waals surface area contributed by atoms with E-state index in [9.17, 15) is 4.39 Å². The Bertz CT molecular complexity index is 575. The van der Waals surface area contributed by atoms with Gasteiger partial charge in [-0.15, -0.1) is 0 Å². The van der Waals surface area contributed by atoms with Crippen LogP contribution in [-0.4, -0.2) is 29.3 Å². The number of halogens is 1. The van der Waals surface area contributed by atoms with Crippen LogP contribution in [0.25, 0.3) is 11.0 Å². The van der Waals surface area contributed by atoms with Crippen molar-refractivity contribution < 1.29 is 9.13 Å². The third-order valence-corrected chi connectivity index (χ3v) is 3.42. The van der Waals surface area contributed by atoms with E-state index in [0.717, 1.165) is 43.0 Å².